The molecular formula is C37H51N7O5SSi. The number of aromatic nitrogens is 4. The molecule has 0 saturated carbocycles. The predicted molar refractivity (Wildman–Crippen MR) is 203 cm³/mol. The maximum Gasteiger partial charge on any atom is 0.410 e. The highest BCUT2D eigenvalue weighted by Gasteiger charge is 2.35. The fourth-order valence-corrected chi connectivity index (χ4v) is 8.64. The van der Waals surface area contributed by atoms with Gasteiger partial charge in [-0.15, -0.1) is 11.3 Å². The summed E-state index contributed by atoms with van der Waals surface area (Å²) in [5, 5.41) is 9.14. The third kappa shape index (κ3) is 8.95. The average molecular weight is 734 g/mol. The number of nitrogens with one attached hydrogen (secondary N) is 1. The number of thiazole rings is 1. The van der Waals surface area contributed by atoms with Gasteiger partial charge in [-0.05, 0) is 76.1 Å². The van der Waals surface area contributed by atoms with Crippen LogP contribution in [-0.2, 0) is 25.8 Å². The van der Waals surface area contributed by atoms with E-state index >= 15 is 0 Å². The maximum atomic E-state index is 13.9. The molecule has 2 aliphatic rings. The van der Waals surface area contributed by atoms with Gasteiger partial charge in [-0.25, -0.2) is 14.5 Å². The van der Waals surface area contributed by atoms with Crippen LogP contribution in [0.15, 0.2) is 36.8 Å². The minimum Gasteiger partial charge on any atom is -0.444 e. The Balaban J connectivity index is 1.14. The van der Waals surface area contributed by atoms with E-state index in [2.05, 4.69) is 60.2 Å². The minimum absolute atomic E-state index is 0.243. The number of ether oxygens (including phenoxy) is 2. The van der Waals surface area contributed by atoms with Gasteiger partial charge in [0, 0.05) is 51.8 Å². The van der Waals surface area contributed by atoms with Crippen LogP contribution in [-0.4, -0.2) is 87.4 Å². The van der Waals surface area contributed by atoms with E-state index in [1.54, 1.807) is 44.4 Å². The molecule has 0 radical (unpaired) electrons. The van der Waals surface area contributed by atoms with Gasteiger partial charge in [0.2, 0.25) is 0 Å². The zero-order valence-electron chi connectivity index (χ0n) is 30.9. The van der Waals surface area contributed by atoms with Gasteiger partial charge in [0.25, 0.3) is 0 Å². The van der Waals surface area contributed by atoms with Gasteiger partial charge in [0.05, 0.1) is 44.9 Å². The number of hydrogen-bond acceptors (Lipinski definition) is 9. The number of amides is 3. The molecule has 0 unspecified atom stereocenters. The smallest absolute Gasteiger partial charge is 0.410 e. The number of fused-ring (bicyclic) bond motifs is 2. The van der Waals surface area contributed by atoms with Crippen molar-refractivity contribution < 1.29 is 23.9 Å². The number of piperidine rings is 2. The van der Waals surface area contributed by atoms with Crippen molar-refractivity contribution in [3.8, 4) is 0 Å². The molecule has 3 aromatic heterocycles. The van der Waals surface area contributed by atoms with E-state index in [9.17, 15) is 14.4 Å². The van der Waals surface area contributed by atoms with Crippen molar-refractivity contribution in [1.82, 2.24) is 29.5 Å². The molecule has 0 spiro atoms. The van der Waals surface area contributed by atoms with Crippen LogP contribution in [0.1, 0.15) is 75.9 Å². The first kappa shape index (κ1) is 36.9. The molecule has 4 aromatic rings. The molecule has 1 N–H and O–H groups in total. The lowest BCUT2D eigenvalue weighted by Crippen LogP contribution is -2.46. The van der Waals surface area contributed by atoms with Crippen LogP contribution in [0.3, 0.4) is 0 Å². The second-order valence-electron chi connectivity index (χ2n) is 16.2. The van der Waals surface area contributed by atoms with E-state index in [0.717, 1.165) is 57.9 Å². The highest BCUT2D eigenvalue weighted by Crippen LogP contribution is 2.38. The number of likely N-dealkylation sites (tertiary alicyclic amines) is 2. The number of carbonyl (C=O) groups is 3. The van der Waals surface area contributed by atoms with Gasteiger partial charge >= 0.3 is 17.9 Å². The highest BCUT2D eigenvalue weighted by molar-refractivity contribution is 7.18. The van der Waals surface area contributed by atoms with Crippen LogP contribution in [0.25, 0.3) is 21.1 Å². The van der Waals surface area contributed by atoms with Gasteiger partial charge in [0.15, 0.2) is 0 Å². The summed E-state index contributed by atoms with van der Waals surface area (Å²) in [4.78, 5) is 53.0. The third-order valence-electron chi connectivity index (χ3n) is 9.58. The first-order valence-corrected chi connectivity index (χ1v) is 22.5. The lowest BCUT2D eigenvalue weighted by molar-refractivity contribution is -0.146. The van der Waals surface area contributed by atoms with E-state index in [4.69, 9.17) is 14.5 Å². The summed E-state index contributed by atoms with van der Waals surface area (Å²) in [6, 6.07) is 7.02. The molecule has 0 bridgehead atoms. The standard InChI is InChI=1S/C37H51N7O5SSi/c1-24-8-10-30(26-9-11-31-28(18-26)41-34(50-31)25-12-14-42(15-13-25)36(47)49-37(2,3)4)43(22-24)35(46)33(45)40-29-21-38-19-27-20-39-44(32(27)29)23-48-16-17-51(5,6)7/h9,11,18-21,24-25,30H,8,10,12-17,22-23H2,1-7H3,(H,40,45)/t24-,30+/m0/s1. The zero-order valence-corrected chi connectivity index (χ0v) is 32.7. The zero-order chi connectivity index (χ0) is 36.5. The summed E-state index contributed by atoms with van der Waals surface area (Å²) in [6.45, 7) is 17.3. The number of hydrogen-bond donors (Lipinski definition) is 1. The summed E-state index contributed by atoms with van der Waals surface area (Å²) in [7, 11) is -1.24. The Morgan fingerprint density at radius 1 is 1.04 bits per heavy atom. The largest absolute Gasteiger partial charge is 0.444 e. The number of pyridine rings is 1. The molecule has 274 valence electrons. The normalized spacial score (nSPS) is 19.1. The quantitative estimate of drug-likeness (QED) is 0.113. The number of nitrogens with zero attached hydrogens (tertiary/aromatic N) is 6. The van der Waals surface area contributed by atoms with Crippen molar-refractivity contribution in [2.24, 2.45) is 5.92 Å². The van der Waals surface area contributed by atoms with E-state index in [-0.39, 0.29) is 30.7 Å². The first-order chi connectivity index (χ1) is 24.1. The monoisotopic (exact) mass is 733 g/mol. The van der Waals surface area contributed by atoms with Crippen LogP contribution in [0, 0.1) is 5.92 Å². The first-order valence-electron chi connectivity index (χ1n) is 18.0. The molecule has 14 heteroatoms. The third-order valence-corrected chi connectivity index (χ3v) is 12.5. The number of anilines is 1. The van der Waals surface area contributed by atoms with Crippen LogP contribution in [0.4, 0.5) is 10.5 Å². The molecule has 12 nitrogen and oxygen atoms in total. The van der Waals surface area contributed by atoms with Crippen LogP contribution < -0.4 is 5.32 Å². The molecule has 2 atom stereocenters. The van der Waals surface area contributed by atoms with Crippen LogP contribution in [0.2, 0.25) is 25.7 Å². The molecule has 2 saturated heterocycles. The summed E-state index contributed by atoms with van der Waals surface area (Å²) in [5.74, 6) is -0.741. The van der Waals surface area contributed by atoms with E-state index in [1.807, 2.05) is 20.8 Å². The Bertz CT molecular complexity index is 1890. The Morgan fingerprint density at radius 2 is 1.80 bits per heavy atom. The molecule has 51 heavy (non-hydrogen) atoms. The Kier molecular flexibility index (Phi) is 10.8. The molecule has 2 fully saturated rings. The molecule has 0 aliphatic carbocycles. The van der Waals surface area contributed by atoms with Gasteiger partial charge < -0.3 is 24.6 Å². The summed E-state index contributed by atoms with van der Waals surface area (Å²) in [5.41, 5.74) is 2.45. The second-order valence-corrected chi connectivity index (χ2v) is 22.9. The highest BCUT2D eigenvalue weighted by atomic mass is 32.1. The SMILES string of the molecule is C[C@H]1CC[C@H](c2ccc3sc(C4CCN(C(=O)OC(C)(C)C)CC4)nc3c2)N(C(=O)C(=O)Nc2cncc3cnn(COCC[Si](C)(C)C)c23)C1. The number of carbonyl (C=O) groups excluding carboxylic acids is 3. The lowest BCUT2D eigenvalue weighted by atomic mass is 9.89. The Hall–Kier alpha value is -3.88. The van der Waals surface area contributed by atoms with Crippen molar-refractivity contribution in [1.29, 1.82) is 0 Å². The van der Waals surface area contributed by atoms with Crippen molar-refractivity contribution in [2.75, 3.05) is 31.6 Å². The summed E-state index contributed by atoms with van der Waals surface area (Å²) in [6.07, 6.45) is 8.04. The second kappa shape index (κ2) is 15.0. The fourth-order valence-electron chi connectivity index (χ4n) is 6.77. The topological polar surface area (TPSA) is 132 Å². The lowest BCUT2D eigenvalue weighted by Gasteiger charge is -2.38. The van der Waals surface area contributed by atoms with Crippen LogP contribution in [0.5, 0.6) is 0 Å². The number of benzene rings is 1. The average Bonchev–Trinajstić information content (AvgIpc) is 3.70. The van der Waals surface area contributed by atoms with Crippen molar-refractivity contribution in [3.63, 3.8) is 0 Å². The van der Waals surface area contributed by atoms with Gasteiger partial charge in [-0.2, -0.15) is 5.10 Å². The summed E-state index contributed by atoms with van der Waals surface area (Å²) >= 11 is 1.69. The molecule has 1 aromatic carbocycles. The van der Waals surface area contributed by atoms with Crippen molar-refractivity contribution in [2.45, 2.75) is 103 Å². The van der Waals surface area contributed by atoms with Crippen molar-refractivity contribution >= 4 is 64.1 Å². The Morgan fingerprint density at radius 3 is 2.53 bits per heavy atom. The van der Waals surface area contributed by atoms with Crippen LogP contribution >= 0.6 is 11.3 Å². The molecule has 3 amide bonds. The van der Waals surface area contributed by atoms with Gasteiger partial charge in [-0.1, -0.05) is 32.6 Å². The van der Waals surface area contributed by atoms with E-state index in [1.165, 1.54) is 0 Å². The van der Waals surface area contributed by atoms with Gasteiger partial charge in [0.1, 0.15) is 12.3 Å². The Labute approximate surface area is 304 Å². The van der Waals surface area contributed by atoms with E-state index < -0.39 is 25.5 Å². The fraction of sp³-hybridized carbons (Fsp3) is 0.568. The molecule has 5 heterocycles. The predicted octanol–water partition coefficient (Wildman–Crippen LogP) is 7.41. The molecule has 2 aliphatic heterocycles. The van der Waals surface area contributed by atoms with Gasteiger partial charge in [-0.3, -0.25) is 14.6 Å². The van der Waals surface area contributed by atoms with Crippen molar-refractivity contribution in [3.05, 3.63) is 47.4 Å². The minimum atomic E-state index is -1.24. The number of rotatable bonds is 8. The van der Waals surface area contributed by atoms with E-state index in [0.29, 0.717) is 37.4 Å². The molecule has 6 rings (SSSR count). The summed E-state index contributed by atoms with van der Waals surface area (Å²) < 4.78 is 14.3. The maximum absolute atomic E-state index is 13.9. The molecular weight excluding hydrogens is 683 g/mol.